The van der Waals surface area contributed by atoms with Gasteiger partial charge in [-0.25, -0.2) is 4.85 Å². The normalized spacial score (nSPS) is 13.2. The lowest BCUT2D eigenvalue weighted by atomic mass is 10.1. The van der Waals surface area contributed by atoms with Gasteiger partial charge in [-0.3, -0.25) is 0 Å². The number of aliphatic hydroxyl groups is 1. The first-order valence-electron chi connectivity index (χ1n) is 10.3. The van der Waals surface area contributed by atoms with E-state index in [0.717, 1.165) is 17.4 Å². The number of halogens is 3. The summed E-state index contributed by atoms with van der Waals surface area (Å²) in [6.07, 6.45) is -3.54. The Kier molecular flexibility index (Phi) is 8.09. The summed E-state index contributed by atoms with van der Waals surface area (Å²) in [5.74, 6) is 0.354. The summed E-state index contributed by atoms with van der Waals surface area (Å²) in [4.78, 5) is 3.30. The molecule has 2 aromatic carbocycles. The maximum Gasteiger partial charge on any atom is 0.419 e. The van der Waals surface area contributed by atoms with Gasteiger partial charge in [0.15, 0.2) is 5.69 Å². The Hall–Kier alpha value is -3.20. The number of rotatable bonds is 10. The van der Waals surface area contributed by atoms with Crippen LogP contribution < -0.4 is 15.2 Å². The Morgan fingerprint density at radius 3 is 2.35 bits per heavy atom. The first kappa shape index (κ1) is 25.4. The molecule has 0 saturated heterocycles. The third kappa shape index (κ3) is 6.44. The van der Waals surface area contributed by atoms with Gasteiger partial charge in [-0.2, -0.15) is 13.2 Å². The van der Waals surface area contributed by atoms with Gasteiger partial charge in [-0.05, 0) is 50.1 Å². The molecule has 0 aliphatic carbocycles. The van der Waals surface area contributed by atoms with Crippen molar-refractivity contribution in [2.45, 2.75) is 31.5 Å². The van der Waals surface area contributed by atoms with Gasteiger partial charge in [0.2, 0.25) is 0 Å². The van der Waals surface area contributed by atoms with Crippen molar-refractivity contribution in [2.24, 2.45) is 5.73 Å². The van der Waals surface area contributed by atoms with Crippen LogP contribution in [-0.2, 0) is 11.7 Å². The van der Waals surface area contributed by atoms with Gasteiger partial charge in [0, 0.05) is 5.56 Å². The van der Waals surface area contributed by atoms with Crippen molar-refractivity contribution in [1.82, 2.24) is 10.2 Å². The highest BCUT2D eigenvalue weighted by Gasteiger charge is 2.35. The van der Waals surface area contributed by atoms with Crippen molar-refractivity contribution in [2.75, 3.05) is 19.8 Å². The first-order valence-corrected chi connectivity index (χ1v) is 11.1. The highest BCUT2D eigenvalue weighted by atomic mass is 32.1. The minimum atomic E-state index is -4.62. The van der Waals surface area contributed by atoms with Gasteiger partial charge in [-0.15, -0.1) is 10.2 Å². The molecule has 3 rings (SSSR count). The highest BCUT2D eigenvalue weighted by Crippen LogP contribution is 2.39. The Morgan fingerprint density at radius 2 is 1.74 bits per heavy atom. The van der Waals surface area contributed by atoms with Crippen molar-refractivity contribution >= 4 is 17.0 Å². The lowest BCUT2D eigenvalue weighted by Crippen LogP contribution is -2.36. The number of hydrogen-bond donors (Lipinski definition) is 2. The van der Waals surface area contributed by atoms with E-state index >= 15 is 0 Å². The predicted octanol–water partition coefficient (Wildman–Crippen LogP) is 5.18. The molecule has 0 amide bonds. The molecule has 7 nitrogen and oxygen atoms in total. The van der Waals surface area contributed by atoms with E-state index in [0.29, 0.717) is 35.9 Å². The Morgan fingerprint density at radius 1 is 1.06 bits per heavy atom. The topological polar surface area (TPSA) is 94.9 Å². The van der Waals surface area contributed by atoms with Crippen LogP contribution in [0.2, 0.25) is 0 Å². The summed E-state index contributed by atoms with van der Waals surface area (Å²) in [7, 11) is 0. The smallest absolute Gasteiger partial charge is 0.419 e. The van der Waals surface area contributed by atoms with Crippen LogP contribution in [0.1, 0.15) is 30.3 Å². The molecular weight excluding hydrogens is 469 g/mol. The summed E-state index contributed by atoms with van der Waals surface area (Å²) in [6, 6.07) is 10.4. The second-order valence-electron chi connectivity index (χ2n) is 7.71. The lowest BCUT2D eigenvalue weighted by Gasteiger charge is -2.17. The summed E-state index contributed by atoms with van der Waals surface area (Å²) >= 11 is 1.03. The summed E-state index contributed by atoms with van der Waals surface area (Å²) in [5, 5.41) is 17.8. The van der Waals surface area contributed by atoms with E-state index in [-0.39, 0.29) is 29.5 Å². The van der Waals surface area contributed by atoms with Gasteiger partial charge < -0.3 is 20.3 Å². The molecule has 34 heavy (non-hydrogen) atoms. The fourth-order valence-corrected chi connectivity index (χ4v) is 3.73. The number of unbranched alkanes of at least 4 members (excludes halogenated alkanes) is 1. The third-order valence-electron chi connectivity index (χ3n) is 4.80. The van der Waals surface area contributed by atoms with E-state index in [1.54, 1.807) is 31.2 Å². The lowest BCUT2D eigenvalue weighted by molar-refractivity contribution is -0.138. The van der Waals surface area contributed by atoms with Crippen LogP contribution in [0.15, 0.2) is 42.5 Å². The summed E-state index contributed by atoms with van der Waals surface area (Å²) in [6.45, 7) is 8.57. The molecule has 1 atom stereocenters. The molecule has 11 heteroatoms. The van der Waals surface area contributed by atoms with Gasteiger partial charge in [0.05, 0.1) is 37.5 Å². The molecule has 3 N–H and O–H groups in total. The van der Waals surface area contributed by atoms with Crippen LogP contribution in [0.25, 0.3) is 15.4 Å². The van der Waals surface area contributed by atoms with Gasteiger partial charge in [0.25, 0.3) is 0 Å². The van der Waals surface area contributed by atoms with Crippen LogP contribution in [0.5, 0.6) is 11.5 Å². The van der Waals surface area contributed by atoms with Crippen molar-refractivity contribution in [3.63, 3.8) is 0 Å². The Balaban J connectivity index is 1.59. The van der Waals surface area contributed by atoms with Crippen LogP contribution in [-0.4, -0.2) is 35.1 Å². The molecule has 0 spiro atoms. The Labute approximate surface area is 198 Å². The molecule has 0 radical (unpaired) electrons. The predicted molar refractivity (Wildman–Crippen MR) is 122 cm³/mol. The van der Waals surface area contributed by atoms with Crippen LogP contribution >= 0.6 is 11.3 Å². The molecule has 0 aliphatic heterocycles. The molecule has 180 valence electrons. The number of aliphatic hydroxyl groups excluding tert-OH is 1. The van der Waals surface area contributed by atoms with E-state index in [9.17, 15) is 18.3 Å². The number of alkyl halides is 3. The molecule has 3 aromatic rings. The first-order chi connectivity index (χ1) is 16.1. The monoisotopic (exact) mass is 492 g/mol. The summed E-state index contributed by atoms with van der Waals surface area (Å²) < 4.78 is 52.0. The van der Waals surface area contributed by atoms with E-state index in [2.05, 4.69) is 15.0 Å². The minimum Gasteiger partial charge on any atom is -0.494 e. The number of nitrogens with zero attached hydrogens (tertiary/aromatic N) is 3. The fraction of sp³-hybridized carbons (Fsp3) is 0.348. The second-order valence-corrected chi connectivity index (χ2v) is 8.68. The number of aromatic nitrogens is 2. The number of ether oxygens (including phenoxy) is 2. The SMILES string of the molecule is [C-]#[N+]c1ccc(OCCCCOc2ccc(-c3nnc([C@@](C)(N)CO)s3)cc2C(F)(F)F)cc1. The number of nitrogens with two attached hydrogens (primary N) is 1. The van der Waals surface area contributed by atoms with Crippen molar-refractivity contribution in [3.8, 4) is 22.1 Å². The summed E-state index contributed by atoms with van der Waals surface area (Å²) in [5.41, 5.74) is 4.64. The second kappa shape index (κ2) is 10.8. The molecular formula is C23H23F3N4O3S. The van der Waals surface area contributed by atoms with Crippen LogP contribution in [0.3, 0.4) is 0 Å². The Bertz CT molecular complexity index is 1140. The maximum atomic E-state index is 13.7. The van der Waals surface area contributed by atoms with Gasteiger partial charge in [-0.1, -0.05) is 23.5 Å². The zero-order valence-corrected chi connectivity index (χ0v) is 19.1. The average molecular weight is 493 g/mol. The van der Waals surface area contributed by atoms with E-state index in [1.807, 2.05) is 0 Å². The van der Waals surface area contributed by atoms with Gasteiger partial charge >= 0.3 is 6.18 Å². The molecule has 1 aromatic heterocycles. The average Bonchev–Trinajstić information content (AvgIpc) is 3.32. The zero-order valence-electron chi connectivity index (χ0n) is 18.3. The number of benzene rings is 2. The highest BCUT2D eigenvalue weighted by molar-refractivity contribution is 7.14. The van der Waals surface area contributed by atoms with E-state index in [1.165, 1.54) is 12.1 Å². The van der Waals surface area contributed by atoms with E-state index in [4.69, 9.17) is 21.8 Å². The van der Waals surface area contributed by atoms with Crippen molar-refractivity contribution < 1.29 is 27.8 Å². The quantitative estimate of drug-likeness (QED) is 0.299. The molecule has 0 aliphatic rings. The fourth-order valence-electron chi connectivity index (χ4n) is 2.84. The molecule has 0 saturated carbocycles. The number of hydrogen-bond acceptors (Lipinski definition) is 7. The van der Waals surface area contributed by atoms with Crippen molar-refractivity contribution in [3.05, 3.63) is 64.5 Å². The largest absolute Gasteiger partial charge is 0.494 e. The zero-order chi connectivity index (χ0) is 24.8. The standard InChI is InChI=1S/C23H23F3N4O3S/c1-22(27,14-31)21-30-29-20(34-21)15-5-10-19(18(13-15)23(24,25)26)33-12-4-3-11-32-17-8-6-16(28-2)7-9-17/h5-10,13,31H,3-4,11-12,14,27H2,1H3/t22-/m0/s1. The third-order valence-corrected chi connectivity index (χ3v) is 6.06. The van der Waals surface area contributed by atoms with Crippen molar-refractivity contribution in [1.29, 1.82) is 0 Å². The molecule has 0 fully saturated rings. The maximum absolute atomic E-state index is 13.7. The molecule has 0 unspecified atom stereocenters. The minimum absolute atomic E-state index is 0.0907. The van der Waals surface area contributed by atoms with E-state index < -0.39 is 17.3 Å². The van der Waals surface area contributed by atoms with Crippen LogP contribution in [0.4, 0.5) is 18.9 Å². The molecule has 1 heterocycles. The van der Waals surface area contributed by atoms with Gasteiger partial charge in [0.1, 0.15) is 21.5 Å². The molecule has 0 bridgehead atoms. The van der Waals surface area contributed by atoms with Crippen LogP contribution in [0, 0.1) is 6.57 Å².